The summed E-state index contributed by atoms with van der Waals surface area (Å²) in [7, 11) is 0. The van der Waals surface area contributed by atoms with Crippen LogP contribution in [-0.2, 0) is 5.88 Å². The van der Waals surface area contributed by atoms with Crippen molar-refractivity contribution in [3.05, 3.63) is 29.8 Å². The molecular weight excluding hydrogens is 188 g/mol. The molecule has 2 heterocycles. The summed E-state index contributed by atoms with van der Waals surface area (Å²) in [6, 6.07) is 3.58. The fourth-order valence-corrected chi connectivity index (χ4v) is 1.18. The summed E-state index contributed by atoms with van der Waals surface area (Å²) in [6.45, 7) is 0. The molecule has 0 radical (unpaired) electrons. The number of aromatic nitrogens is 3. The minimum absolute atomic E-state index is 0.352. The molecule has 0 aliphatic carbocycles. The van der Waals surface area contributed by atoms with Gasteiger partial charge in [-0.2, -0.15) is 5.26 Å². The van der Waals surface area contributed by atoms with Crippen LogP contribution in [0.4, 0.5) is 0 Å². The fraction of sp³-hybridized carbons (Fsp3) is 0.125. The zero-order valence-electron chi connectivity index (χ0n) is 6.61. The Bertz CT molecular complexity index is 482. The van der Waals surface area contributed by atoms with Crippen molar-refractivity contribution in [3.63, 3.8) is 0 Å². The molecule has 0 unspecified atom stereocenters. The maximum atomic E-state index is 8.59. The van der Waals surface area contributed by atoms with Crippen LogP contribution in [0.5, 0.6) is 0 Å². The Labute approximate surface area is 79.4 Å². The lowest BCUT2D eigenvalue weighted by molar-refractivity contribution is 1.09. The molecule has 13 heavy (non-hydrogen) atoms. The lowest BCUT2D eigenvalue weighted by Crippen LogP contribution is -1.89. The van der Waals surface area contributed by atoms with Crippen molar-refractivity contribution in [2.24, 2.45) is 0 Å². The molecule has 0 fully saturated rings. The van der Waals surface area contributed by atoms with Gasteiger partial charge in [0.15, 0.2) is 0 Å². The van der Waals surface area contributed by atoms with E-state index in [-0.39, 0.29) is 0 Å². The first-order chi connectivity index (χ1) is 6.33. The normalized spacial score (nSPS) is 10.2. The van der Waals surface area contributed by atoms with Crippen LogP contribution in [0.1, 0.15) is 11.4 Å². The standard InChI is InChI=1S/C8H5ClN4/c9-3-7-5-13-2-1-6(4-10)11-8(13)12-7/h1-2,5H,3H2. The van der Waals surface area contributed by atoms with E-state index in [1.165, 1.54) is 0 Å². The summed E-state index contributed by atoms with van der Waals surface area (Å²) < 4.78 is 1.73. The van der Waals surface area contributed by atoms with Gasteiger partial charge in [0.05, 0.1) is 11.6 Å². The zero-order chi connectivity index (χ0) is 9.26. The summed E-state index contributed by atoms with van der Waals surface area (Å²) in [5, 5.41) is 8.59. The van der Waals surface area contributed by atoms with Crippen molar-refractivity contribution < 1.29 is 0 Å². The molecule has 0 aliphatic rings. The minimum atomic E-state index is 0.352. The maximum Gasteiger partial charge on any atom is 0.235 e. The Morgan fingerprint density at radius 2 is 2.38 bits per heavy atom. The first-order valence-electron chi connectivity index (χ1n) is 3.64. The van der Waals surface area contributed by atoms with Crippen LogP contribution in [0.2, 0.25) is 0 Å². The van der Waals surface area contributed by atoms with Gasteiger partial charge in [0.25, 0.3) is 0 Å². The van der Waals surface area contributed by atoms with E-state index in [2.05, 4.69) is 9.97 Å². The van der Waals surface area contributed by atoms with Crippen LogP contribution in [-0.4, -0.2) is 14.4 Å². The van der Waals surface area contributed by atoms with Crippen molar-refractivity contribution >= 4 is 17.4 Å². The van der Waals surface area contributed by atoms with Crippen molar-refractivity contribution in [2.75, 3.05) is 0 Å². The van der Waals surface area contributed by atoms with Gasteiger partial charge in [-0.1, -0.05) is 0 Å². The van der Waals surface area contributed by atoms with Crippen molar-refractivity contribution in [1.82, 2.24) is 14.4 Å². The number of rotatable bonds is 1. The van der Waals surface area contributed by atoms with E-state index in [9.17, 15) is 0 Å². The highest BCUT2D eigenvalue weighted by Gasteiger charge is 2.01. The molecule has 0 spiro atoms. The van der Waals surface area contributed by atoms with E-state index < -0.39 is 0 Å². The molecule has 0 aliphatic heterocycles. The molecule has 0 aromatic carbocycles. The molecule has 2 aromatic heterocycles. The van der Waals surface area contributed by atoms with Gasteiger partial charge in [0.1, 0.15) is 11.8 Å². The van der Waals surface area contributed by atoms with E-state index in [1.54, 1.807) is 22.9 Å². The molecule has 2 rings (SSSR count). The summed E-state index contributed by atoms with van der Waals surface area (Å²) in [5.41, 5.74) is 1.11. The lowest BCUT2D eigenvalue weighted by Gasteiger charge is -1.89. The number of nitriles is 1. The summed E-state index contributed by atoms with van der Waals surface area (Å²) in [6.07, 6.45) is 3.53. The van der Waals surface area contributed by atoms with Gasteiger partial charge in [-0.25, -0.2) is 9.97 Å². The van der Waals surface area contributed by atoms with E-state index in [4.69, 9.17) is 16.9 Å². The topological polar surface area (TPSA) is 54.0 Å². The number of nitrogens with zero attached hydrogens (tertiary/aromatic N) is 4. The second kappa shape index (κ2) is 3.04. The molecule has 0 atom stereocenters. The van der Waals surface area contributed by atoms with Crippen molar-refractivity contribution in [3.8, 4) is 6.07 Å². The lowest BCUT2D eigenvalue weighted by atomic mass is 10.4. The molecule has 0 saturated heterocycles. The van der Waals surface area contributed by atoms with Gasteiger partial charge in [0, 0.05) is 12.4 Å². The molecule has 0 N–H and O–H groups in total. The van der Waals surface area contributed by atoms with E-state index >= 15 is 0 Å². The van der Waals surface area contributed by atoms with Crippen LogP contribution >= 0.6 is 11.6 Å². The number of halogens is 1. The fourth-order valence-electron chi connectivity index (χ4n) is 1.05. The molecule has 0 bridgehead atoms. The summed E-state index contributed by atoms with van der Waals surface area (Å²) >= 11 is 5.60. The Morgan fingerprint density at radius 1 is 1.54 bits per heavy atom. The highest BCUT2D eigenvalue weighted by atomic mass is 35.5. The molecule has 5 heteroatoms. The van der Waals surface area contributed by atoms with Gasteiger partial charge < -0.3 is 0 Å². The molecule has 0 saturated carbocycles. The monoisotopic (exact) mass is 192 g/mol. The average molecular weight is 193 g/mol. The zero-order valence-corrected chi connectivity index (χ0v) is 7.36. The SMILES string of the molecule is N#Cc1ccn2cc(CCl)nc2n1. The average Bonchev–Trinajstić information content (AvgIpc) is 2.58. The quantitative estimate of drug-likeness (QED) is 0.641. The van der Waals surface area contributed by atoms with E-state index in [0.717, 1.165) is 5.69 Å². The minimum Gasteiger partial charge on any atom is -0.291 e. The molecule has 0 amide bonds. The first-order valence-corrected chi connectivity index (χ1v) is 4.17. The number of alkyl halides is 1. The number of imidazole rings is 1. The van der Waals surface area contributed by atoms with Crippen LogP contribution in [0.3, 0.4) is 0 Å². The van der Waals surface area contributed by atoms with E-state index in [1.807, 2.05) is 6.07 Å². The third-order valence-electron chi connectivity index (χ3n) is 1.63. The molecule has 64 valence electrons. The molecule has 4 nitrogen and oxygen atoms in total. The van der Waals surface area contributed by atoms with Crippen LogP contribution < -0.4 is 0 Å². The number of hydrogen-bond acceptors (Lipinski definition) is 3. The van der Waals surface area contributed by atoms with E-state index in [0.29, 0.717) is 17.4 Å². The van der Waals surface area contributed by atoms with Crippen LogP contribution in [0.15, 0.2) is 18.5 Å². The summed E-state index contributed by atoms with van der Waals surface area (Å²) in [4.78, 5) is 8.10. The predicted octanol–water partition coefficient (Wildman–Crippen LogP) is 1.34. The Balaban J connectivity index is 2.65. The second-order valence-corrected chi connectivity index (χ2v) is 2.76. The predicted molar refractivity (Wildman–Crippen MR) is 47.3 cm³/mol. The first kappa shape index (κ1) is 8.02. The number of fused-ring (bicyclic) bond motifs is 1. The second-order valence-electron chi connectivity index (χ2n) is 2.50. The molecule has 2 aromatic rings. The third-order valence-corrected chi connectivity index (χ3v) is 1.90. The Kier molecular flexibility index (Phi) is 1.87. The van der Waals surface area contributed by atoms with Crippen LogP contribution in [0.25, 0.3) is 5.78 Å². The smallest absolute Gasteiger partial charge is 0.235 e. The van der Waals surface area contributed by atoms with Gasteiger partial charge >= 0.3 is 0 Å². The number of hydrogen-bond donors (Lipinski definition) is 0. The molecular formula is C8H5ClN4. The maximum absolute atomic E-state index is 8.59. The third kappa shape index (κ3) is 1.34. The van der Waals surface area contributed by atoms with Crippen molar-refractivity contribution in [1.29, 1.82) is 5.26 Å². The van der Waals surface area contributed by atoms with Gasteiger partial charge in [-0.05, 0) is 6.07 Å². The Morgan fingerprint density at radius 3 is 3.08 bits per heavy atom. The largest absolute Gasteiger partial charge is 0.291 e. The van der Waals surface area contributed by atoms with Gasteiger partial charge in [-0.3, -0.25) is 4.40 Å². The highest BCUT2D eigenvalue weighted by molar-refractivity contribution is 6.16. The Hall–Kier alpha value is -1.60. The highest BCUT2D eigenvalue weighted by Crippen LogP contribution is 2.05. The van der Waals surface area contributed by atoms with Gasteiger partial charge in [0.2, 0.25) is 5.78 Å². The van der Waals surface area contributed by atoms with Crippen molar-refractivity contribution in [2.45, 2.75) is 5.88 Å². The van der Waals surface area contributed by atoms with Gasteiger partial charge in [-0.15, -0.1) is 11.6 Å². The van der Waals surface area contributed by atoms with Crippen LogP contribution in [0, 0.1) is 11.3 Å². The summed E-state index contributed by atoms with van der Waals surface area (Å²) in [5.74, 6) is 0.861.